The van der Waals surface area contributed by atoms with Crippen molar-refractivity contribution in [1.29, 1.82) is 0 Å². The molecule has 0 saturated carbocycles. The predicted octanol–water partition coefficient (Wildman–Crippen LogP) is 3.11. The molecule has 0 fully saturated rings. The molecule has 0 bridgehead atoms. The first kappa shape index (κ1) is 20.7. The second kappa shape index (κ2) is 10.5. The lowest BCUT2D eigenvalue weighted by Gasteiger charge is -2.10. The molecule has 3 rings (SSSR count). The minimum Gasteiger partial charge on any atom is -0.508 e. The Morgan fingerprint density at radius 1 is 0.733 bits per heavy atom. The summed E-state index contributed by atoms with van der Waals surface area (Å²) in [6.07, 6.45) is 0. The topological polar surface area (TPSA) is 96.9 Å². The molecule has 0 spiro atoms. The van der Waals surface area contributed by atoms with Gasteiger partial charge in [0, 0.05) is 18.7 Å². The van der Waals surface area contributed by atoms with Gasteiger partial charge in [0.2, 0.25) is 0 Å². The Labute approximate surface area is 174 Å². The number of ether oxygens (including phenoxy) is 2. The SMILES string of the molecule is O=C(COc1ccc(Oc2ccccc2)cc1)NCCNC(=O)c1ccc(O)cc1. The zero-order chi connectivity index (χ0) is 21.2. The van der Waals surface area contributed by atoms with E-state index >= 15 is 0 Å². The molecular weight excluding hydrogens is 384 g/mol. The molecule has 0 unspecified atom stereocenters. The van der Waals surface area contributed by atoms with Crippen LogP contribution in [0.2, 0.25) is 0 Å². The average molecular weight is 406 g/mol. The molecule has 7 nitrogen and oxygen atoms in total. The third-order valence-electron chi connectivity index (χ3n) is 4.03. The van der Waals surface area contributed by atoms with Crippen LogP contribution >= 0.6 is 0 Å². The van der Waals surface area contributed by atoms with Crippen molar-refractivity contribution in [1.82, 2.24) is 10.6 Å². The second-order valence-corrected chi connectivity index (χ2v) is 6.33. The summed E-state index contributed by atoms with van der Waals surface area (Å²) in [5.41, 5.74) is 0.433. The van der Waals surface area contributed by atoms with Crippen LogP contribution < -0.4 is 20.1 Å². The first-order valence-electron chi connectivity index (χ1n) is 9.40. The van der Waals surface area contributed by atoms with Gasteiger partial charge >= 0.3 is 0 Å². The van der Waals surface area contributed by atoms with Gasteiger partial charge in [-0.2, -0.15) is 0 Å². The van der Waals surface area contributed by atoms with Crippen LogP contribution in [-0.2, 0) is 4.79 Å². The zero-order valence-electron chi connectivity index (χ0n) is 16.2. The van der Waals surface area contributed by atoms with E-state index in [1.807, 2.05) is 30.3 Å². The Hall–Kier alpha value is -4.00. The summed E-state index contributed by atoms with van der Waals surface area (Å²) in [5.74, 6) is 1.48. The molecule has 0 aliphatic heterocycles. The summed E-state index contributed by atoms with van der Waals surface area (Å²) < 4.78 is 11.2. The van der Waals surface area contributed by atoms with Gasteiger partial charge in [0.15, 0.2) is 6.61 Å². The number of rotatable bonds is 9. The standard InChI is InChI=1S/C23H22N2O5/c26-18-8-6-17(7-9-18)23(28)25-15-14-24-22(27)16-29-19-10-12-21(13-11-19)30-20-4-2-1-3-5-20/h1-13,26H,14-16H2,(H,24,27)(H,25,28). The van der Waals surface area contributed by atoms with Crippen molar-refractivity contribution in [3.8, 4) is 23.0 Å². The third-order valence-corrected chi connectivity index (χ3v) is 4.03. The zero-order valence-corrected chi connectivity index (χ0v) is 16.2. The van der Waals surface area contributed by atoms with Gasteiger partial charge in [-0.25, -0.2) is 0 Å². The van der Waals surface area contributed by atoms with E-state index in [0.29, 0.717) is 17.1 Å². The molecule has 3 aromatic carbocycles. The highest BCUT2D eigenvalue weighted by Crippen LogP contribution is 2.23. The van der Waals surface area contributed by atoms with Crippen molar-refractivity contribution in [3.63, 3.8) is 0 Å². The number of amides is 2. The van der Waals surface area contributed by atoms with Crippen molar-refractivity contribution in [3.05, 3.63) is 84.4 Å². The van der Waals surface area contributed by atoms with Crippen LogP contribution in [-0.4, -0.2) is 36.6 Å². The van der Waals surface area contributed by atoms with E-state index in [0.717, 1.165) is 5.75 Å². The van der Waals surface area contributed by atoms with Crippen molar-refractivity contribution in [2.45, 2.75) is 0 Å². The predicted molar refractivity (Wildman–Crippen MR) is 112 cm³/mol. The van der Waals surface area contributed by atoms with Crippen LogP contribution in [0.5, 0.6) is 23.0 Å². The Morgan fingerprint density at radius 2 is 1.33 bits per heavy atom. The molecule has 30 heavy (non-hydrogen) atoms. The highest BCUT2D eigenvalue weighted by atomic mass is 16.5. The van der Waals surface area contributed by atoms with E-state index in [4.69, 9.17) is 9.47 Å². The summed E-state index contributed by atoms with van der Waals surface area (Å²) in [6, 6.07) is 22.3. The van der Waals surface area contributed by atoms with Crippen LogP contribution in [0.15, 0.2) is 78.9 Å². The van der Waals surface area contributed by atoms with Gasteiger partial charge in [0.1, 0.15) is 23.0 Å². The Morgan fingerprint density at radius 3 is 2.03 bits per heavy atom. The Bertz CT molecular complexity index is 957. The first-order valence-corrected chi connectivity index (χ1v) is 9.40. The number of hydrogen-bond acceptors (Lipinski definition) is 5. The minimum atomic E-state index is -0.293. The molecule has 0 radical (unpaired) electrons. The van der Waals surface area contributed by atoms with Gasteiger partial charge in [-0.05, 0) is 60.7 Å². The molecule has 154 valence electrons. The van der Waals surface area contributed by atoms with Crippen LogP contribution in [0.1, 0.15) is 10.4 Å². The number of phenols is 1. The molecule has 0 saturated heterocycles. The Kier molecular flexibility index (Phi) is 7.27. The number of phenolic OH excluding ortho intramolecular Hbond substituents is 1. The quantitative estimate of drug-likeness (QED) is 0.475. The molecule has 2 amide bonds. The molecule has 0 aliphatic carbocycles. The van der Waals surface area contributed by atoms with Gasteiger partial charge in [-0.15, -0.1) is 0 Å². The molecule has 3 N–H and O–H groups in total. The van der Waals surface area contributed by atoms with E-state index in [1.165, 1.54) is 24.3 Å². The van der Waals surface area contributed by atoms with E-state index in [1.54, 1.807) is 24.3 Å². The highest BCUT2D eigenvalue weighted by molar-refractivity contribution is 5.94. The molecule has 0 aromatic heterocycles. The number of para-hydroxylation sites is 1. The van der Waals surface area contributed by atoms with Crippen LogP contribution in [0, 0.1) is 0 Å². The molecule has 3 aromatic rings. The number of carbonyl (C=O) groups is 2. The molecule has 0 aliphatic rings. The number of aromatic hydroxyl groups is 1. The van der Waals surface area contributed by atoms with Crippen LogP contribution in [0.4, 0.5) is 0 Å². The average Bonchev–Trinajstić information content (AvgIpc) is 2.77. The van der Waals surface area contributed by atoms with E-state index in [9.17, 15) is 14.7 Å². The minimum absolute atomic E-state index is 0.0946. The fraction of sp³-hybridized carbons (Fsp3) is 0.130. The fourth-order valence-corrected chi connectivity index (χ4v) is 2.52. The fourth-order valence-electron chi connectivity index (χ4n) is 2.52. The lowest BCUT2D eigenvalue weighted by Crippen LogP contribution is -2.36. The lowest BCUT2D eigenvalue weighted by molar-refractivity contribution is -0.123. The summed E-state index contributed by atoms with van der Waals surface area (Å²) in [5, 5.41) is 14.6. The van der Waals surface area contributed by atoms with E-state index < -0.39 is 0 Å². The summed E-state index contributed by atoms with van der Waals surface area (Å²) >= 11 is 0. The van der Waals surface area contributed by atoms with Crippen molar-refractivity contribution < 1.29 is 24.2 Å². The largest absolute Gasteiger partial charge is 0.508 e. The van der Waals surface area contributed by atoms with Crippen molar-refractivity contribution >= 4 is 11.8 Å². The maximum atomic E-state index is 11.9. The van der Waals surface area contributed by atoms with Crippen LogP contribution in [0.25, 0.3) is 0 Å². The number of benzene rings is 3. The highest BCUT2D eigenvalue weighted by Gasteiger charge is 2.06. The van der Waals surface area contributed by atoms with Gasteiger partial charge in [0.05, 0.1) is 0 Å². The maximum Gasteiger partial charge on any atom is 0.258 e. The van der Waals surface area contributed by atoms with Crippen molar-refractivity contribution in [2.75, 3.05) is 19.7 Å². The van der Waals surface area contributed by atoms with Gasteiger partial charge < -0.3 is 25.2 Å². The molecule has 0 heterocycles. The summed E-state index contributed by atoms with van der Waals surface area (Å²) in [4.78, 5) is 23.8. The number of hydrogen-bond donors (Lipinski definition) is 3. The normalized spacial score (nSPS) is 10.1. The van der Waals surface area contributed by atoms with Crippen LogP contribution in [0.3, 0.4) is 0 Å². The van der Waals surface area contributed by atoms with Gasteiger partial charge in [0.25, 0.3) is 11.8 Å². The first-order chi connectivity index (χ1) is 14.6. The molecular formula is C23H22N2O5. The second-order valence-electron chi connectivity index (χ2n) is 6.33. The third kappa shape index (κ3) is 6.56. The number of nitrogens with one attached hydrogen (secondary N) is 2. The van der Waals surface area contributed by atoms with E-state index in [-0.39, 0.29) is 37.3 Å². The van der Waals surface area contributed by atoms with Gasteiger partial charge in [-0.3, -0.25) is 9.59 Å². The van der Waals surface area contributed by atoms with Gasteiger partial charge in [-0.1, -0.05) is 18.2 Å². The molecule has 7 heteroatoms. The molecule has 0 atom stereocenters. The summed E-state index contributed by atoms with van der Waals surface area (Å²) in [7, 11) is 0. The van der Waals surface area contributed by atoms with E-state index in [2.05, 4.69) is 10.6 Å². The monoisotopic (exact) mass is 406 g/mol. The summed E-state index contributed by atoms with van der Waals surface area (Å²) in [6.45, 7) is 0.414. The maximum absolute atomic E-state index is 11.9. The lowest BCUT2D eigenvalue weighted by atomic mass is 10.2. The number of carbonyl (C=O) groups excluding carboxylic acids is 2. The van der Waals surface area contributed by atoms with Crippen molar-refractivity contribution in [2.24, 2.45) is 0 Å². The smallest absolute Gasteiger partial charge is 0.258 e. The Balaban J connectivity index is 1.33.